The number of amides is 1. The number of nitrogens with one attached hydrogen (secondary N) is 1. The fourth-order valence-corrected chi connectivity index (χ4v) is 4.54. The van der Waals surface area contributed by atoms with E-state index in [2.05, 4.69) is 15.4 Å². The molecule has 0 spiro atoms. The van der Waals surface area contributed by atoms with Crippen molar-refractivity contribution in [3.8, 4) is 16.9 Å². The molecule has 0 atom stereocenters. The Morgan fingerprint density at radius 2 is 1.50 bits per heavy atom. The number of hydrogen-bond donors (Lipinski definition) is 1. The summed E-state index contributed by atoms with van der Waals surface area (Å²) in [6.07, 6.45) is 4.74. The first-order valence-corrected chi connectivity index (χ1v) is 12.3. The van der Waals surface area contributed by atoms with Gasteiger partial charge in [-0.3, -0.25) is 19.4 Å². The molecular weight excluding hydrogens is 508 g/mol. The van der Waals surface area contributed by atoms with E-state index >= 15 is 0 Å². The van der Waals surface area contributed by atoms with E-state index in [1.54, 1.807) is 59.7 Å². The Morgan fingerprint density at radius 1 is 0.800 bits per heavy atom. The Labute approximate surface area is 228 Å². The monoisotopic (exact) mass is 528 g/mol. The largest absolute Gasteiger partial charge is 0.452 e. The van der Waals surface area contributed by atoms with Gasteiger partial charge in [0.25, 0.3) is 5.91 Å². The molecule has 0 unspecified atom stereocenters. The Balaban J connectivity index is 1.18. The number of carbonyl (C=O) groups excluding carboxylic acids is 4. The topological polar surface area (TPSA) is 120 Å². The average Bonchev–Trinajstić information content (AvgIpc) is 3.45. The molecular formula is C31H20N4O5. The molecule has 6 rings (SSSR count). The Kier molecular flexibility index (Phi) is 6.29. The van der Waals surface area contributed by atoms with E-state index in [-0.39, 0.29) is 28.3 Å². The van der Waals surface area contributed by atoms with Crippen LogP contribution >= 0.6 is 0 Å². The first kappa shape index (κ1) is 24.6. The molecule has 9 nitrogen and oxygen atoms in total. The molecule has 1 amide bonds. The van der Waals surface area contributed by atoms with Crippen molar-refractivity contribution in [2.45, 2.75) is 0 Å². The summed E-state index contributed by atoms with van der Waals surface area (Å²) >= 11 is 0. The van der Waals surface area contributed by atoms with Crippen molar-refractivity contribution >= 4 is 29.1 Å². The molecule has 0 saturated heterocycles. The van der Waals surface area contributed by atoms with E-state index in [1.807, 2.05) is 30.3 Å². The molecule has 3 aromatic carbocycles. The number of esters is 1. The first-order valence-electron chi connectivity index (χ1n) is 12.3. The van der Waals surface area contributed by atoms with Gasteiger partial charge < -0.3 is 10.1 Å². The summed E-state index contributed by atoms with van der Waals surface area (Å²) in [4.78, 5) is 55.6. The Morgan fingerprint density at radius 3 is 2.23 bits per heavy atom. The lowest BCUT2D eigenvalue weighted by atomic mass is 9.84. The number of fused-ring (bicyclic) bond motifs is 2. The van der Waals surface area contributed by atoms with Crippen LogP contribution in [0, 0.1) is 0 Å². The third kappa shape index (κ3) is 4.56. The highest BCUT2D eigenvalue weighted by Crippen LogP contribution is 2.29. The molecule has 1 N–H and O–H groups in total. The number of ether oxygens (including phenoxy) is 1. The fraction of sp³-hybridized carbons (Fsp3) is 0.0323. The Hall–Kier alpha value is -5.70. The van der Waals surface area contributed by atoms with Gasteiger partial charge in [0.15, 0.2) is 18.2 Å². The van der Waals surface area contributed by atoms with Crippen LogP contribution in [0.15, 0.2) is 104 Å². The zero-order valence-corrected chi connectivity index (χ0v) is 20.9. The second-order valence-corrected chi connectivity index (χ2v) is 9.00. The number of hydrogen-bond acceptors (Lipinski definition) is 7. The molecule has 0 bridgehead atoms. The smallest absolute Gasteiger partial charge is 0.342 e. The van der Waals surface area contributed by atoms with Gasteiger partial charge in [-0.05, 0) is 42.5 Å². The van der Waals surface area contributed by atoms with Crippen molar-refractivity contribution in [1.29, 1.82) is 0 Å². The first-order chi connectivity index (χ1) is 19.5. The molecule has 40 heavy (non-hydrogen) atoms. The number of carbonyl (C=O) groups is 4. The minimum Gasteiger partial charge on any atom is -0.452 e. The highest BCUT2D eigenvalue weighted by molar-refractivity contribution is 6.28. The van der Waals surface area contributed by atoms with Crippen LogP contribution in [0.4, 0.5) is 5.69 Å². The van der Waals surface area contributed by atoms with Crippen molar-refractivity contribution in [3.63, 3.8) is 0 Å². The number of anilines is 1. The minimum absolute atomic E-state index is 0.168. The summed E-state index contributed by atoms with van der Waals surface area (Å²) in [7, 11) is 0. The summed E-state index contributed by atoms with van der Waals surface area (Å²) in [5.41, 5.74) is 3.33. The quantitative estimate of drug-likeness (QED) is 0.316. The predicted molar refractivity (Wildman–Crippen MR) is 145 cm³/mol. The molecule has 2 heterocycles. The number of ketones is 2. The molecule has 9 heteroatoms. The van der Waals surface area contributed by atoms with Crippen LogP contribution in [0.1, 0.15) is 42.2 Å². The molecule has 1 aliphatic rings. The maximum atomic E-state index is 13.1. The lowest BCUT2D eigenvalue weighted by Crippen LogP contribution is -2.23. The van der Waals surface area contributed by atoms with E-state index < -0.39 is 18.5 Å². The summed E-state index contributed by atoms with van der Waals surface area (Å²) in [6.45, 7) is -0.575. The van der Waals surface area contributed by atoms with Crippen LogP contribution in [0.25, 0.3) is 16.9 Å². The molecule has 5 aromatic rings. The summed E-state index contributed by atoms with van der Waals surface area (Å²) < 4.78 is 6.88. The number of pyridine rings is 1. The van der Waals surface area contributed by atoms with E-state index in [4.69, 9.17) is 4.74 Å². The van der Waals surface area contributed by atoms with Gasteiger partial charge in [-0.15, -0.1) is 0 Å². The van der Waals surface area contributed by atoms with Gasteiger partial charge in [-0.1, -0.05) is 42.5 Å². The number of nitrogens with zero attached hydrogens (tertiary/aromatic N) is 3. The van der Waals surface area contributed by atoms with Gasteiger partial charge in [0, 0.05) is 52.1 Å². The van der Waals surface area contributed by atoms with Crippen LogP contribution in [-0.4, -0.2) is 44.8 Å². The van der Waals surface area contributed by atoms with Crippen molar-refractivity contribution in [2.75, 3.05) is 11.9 Å². The van der Waals surface area contributed by atoms with Gasteiger partial charge in [-0.2, -0.15) is 5.10 Å². The Bertz CT molecular complexity index is 1800. The van der Waals surface area contributed by atoms with Crippen molar-refractivity contribution in [1.82, 2.24) is 14.8 Å². The van der Waals surface area contributed by atoms with Crippen LogP contribution in [0.3, 0.4) is 0 Å². The van der Waals surface area contributed by atoms with Crippen molar-refractivity contribution < 1.29 is 23.9 Å². The minimum atomic E-state index is -0.737. The fourth-order valence-electron chi connectivity index (χ4n) is 4.54. The second-order valence-electron chi connectivity index (χ2n) is 9.00. The van der Waals surface area contributed by atoms with Crippen LogP contribution in [0.5, 0.6) is 0 Å². The third-order valence-electron chi connectivity index (χ3n) is 6.43. The highest BCUT2D eigenvalue weighted by atomic mass is 16.5. The SMILES string of the molecule is O=C(COC(=O)c1cn(-c2ccccc2)nc1-c1cccnc1)Nc1ccc2c(c1)C(=O)c1ccccc1C2=O. The lowest BCUT2D eigenvalue weighted by Gasteiger charge is -2.18. The standard InChI is InChI=1S/C31H20N4O5/c36-27(33-20-12-13-24-25(15-20)30(38)23-11-5-4-10-22(23)29(24)37)18-40-31(39)26-17-35(21-8-2-1-3-9-21)34-28(26)19-7-6-14-32-16-19/h1-17H,18H2,(H,33,36). The lowest BCUT2D eigenvalue weighted by molar-refractivity contribution is -0.119. The summed E-state index contributed by atoms with van der Waals surface area (Å²) in [6, 6.07) is 23.9. The molecule has 0 radical (unpaired) electrons. The normalized spacial score (nSPS) is 11.9. The zero-order valence-electron chi connectivity index (χ0n) is 20.9. The molecule has 0 fully saturated rings. The maximum absolute atomic E-state index is 13.1. The van der Waals surface area contributed by atoms with Gasteiger partial charge in [0.05, 0.1) is 5.69 Å². The summed E-state index contributed by atoms with van der Waals surface area (Å²) in [5, 5.41) is 7.18. The molecule has 0 saturated carbocycles. The van der Waals surface area contributed by atoms with E-state index in [1.165, 1.54) is 18.2 Å². The van der Waals surface area contributed by atoms with Crippen molar-refractivity contribution in [3.05, 3.63) is 131 Å². The number of benzene rings is 3. The van der Waals surface area contributed by atoms with Gasteiger partial charge >= 0.3 is 5.97 Å². The maximum Gasteiger partial charge on any atom is 0.342 e. The average molecular weight is 529 g/mol. The number of para-hydroxylation sites is 1. The van der Waals surface area contributed by atoms with Gasteiger partial charge in [0.2, 0.25) is 0 Å². The molecule has 0 aliphatic heterocycles. The van der Waals surface area contributed by atoms with Crippen LogP contribution < -0.4 is 5.32 Å². The predicted octanol–water partition coefficient (Wildman–Crippen LogP) is 4.51. The second kappa shape index (κ2) is 10.2. The van der Waals surface area contributed by atoms with Crippen molar-refractivity contribution in [2.24, 2.45) is 0 Å². The van der Waals surface area contributed by atoms with E-state index in [0.29, 0.717) is 28.1 Å². The molecule has 194 valence electrons. The zero-order chi connectivity index (χ0) is 27.6. The summed E-state index contributed by atoms with van der Waals surface area (Å²) in [5.74, 6) is -1.90. The highest BCUT2D eigenvalue weighted by Gasteiger charge is 2.29. The van der Waals surface area contributed by atoms with E-state index in [0.717, 1.165) is 5.69 Å². The van der Waals surface area contributed by atoms with Gasteiger partial charge in [0.1, 0.15) is 11.3 Å². The molecule has 1 aliphatic carbocycles. The van der Waals surface area contributed by atoms with E-state index in [9.17, 15) is 19.2 Å². The van der Waals surface area contributed by atoms with Crippen LogP contribution in [-0.2, 0) is 9.53 Å². The number of rotatable bonds is 6. The van der Waals surface area contributed by atoms with Gasteiger partial charge in [-0.25, -0.2) is 9.48 Å². The third-order valence-corrected chi connectivity index (χ3v) is 6.43. The van der Waals surface area contributed by atoms with Crippen LogP contribution in [0.2, 0.25) is 0 Å². The number of aromatic nitrogens is 3. The molecule has 2 aromatic heterocycles.